The van der Waals surface area contributed by atoms with Crippen LogP contribution in [0, 0.1) is 0 Å². The van der Waals surface area contributed by atoms with Crippen LogP contribution >= 0.6 is 15.9 Å². The van der Waals surface area contributed by atoms with Crippen LogP contribution in [0.25, 0.3) is 0 Å². The first-order valence-corrected chi connectivity index (χ1v) is 6.92. The second-order valence-corrected chi connectivity index (χ2v) is 5.25. The lowest BCUT2D eigenvalue weighted by molar-refractivity contribution is -0.123. The Morgan fingerprint density at radius 1 is 1.44 bits per heavy atom. The Hall–Kier alpha value is -1.07. The van der Waals surface area contributed by atoms with Gasteiger partial charge in [0.15, 0.2) is 6.61 Å². The highest BCUT2D eigenvalue weighted by atomic mass is 79.9. The number of hydrogen-bond acceptors (Lipinski definition) is 3. The number of amides is 1. The SMILES string of the molecule is O=C(COc1cccc(Br)c1)NC1CCNCC1. The normalized spacial score (nSPS) is 16.3. The van der Waals surface area contributed by atoms with Crippen LogP contribution in [-0.4, -0.2) is 31.6 Å². The Labute approximate surface area is 115 Å². The molecule has 1 heterocycles. The molecule has 0 radical (unpaired) electrons. The van der Waals surface area contributed by atoms with E-state index >= 15 is 0 Å². The number of benzene rings is 1. The summed E-state index contributed by atoms with van der Waals surface area (Å²) in [5.74, 6) is 0.645. The number of nitrogens with one attached hydrogen (secondary N) is 2. The number of halogens is 1. The van der Waals surface area contributed by atoms with Gasteiger partial charge in [-0.05, 0) is 44.1 Å². The third kappa shape index (κ3) is 4.31. The second-order valence-electron chi connectivity index (χ2n) is 4.34. The molecular weight excluding hydrogens is 296 g/mol. The topological polar surface area (TPSA) is 50.4 Å². The van der Waals surface area contributed by atoms with E-state index in [1.807, 2.05) is 24.3 Å². The largest absolute Gasteiger partial charge is 0.484 e. The standard InChI is InChI=1S/C13H17BrN2O2/c14-10-2-1-3-12(8-10)18-9-13(17)16-11-4-6-15-7-5-11/h1-3,8,11,15H,4-7,9H2,(H,16,17). The number of rotatable bonds is 4. The molecule has 0 saturated carbocycles. The van der Waals surface area contributed by atoms with Gasteiger partial charge < -0.3 is 15.4 Å². The van der Waals surface area contributed by atoms with Gasteiger partial charge in [0.1, 0.15) is 5.75 Å². The molecule has 2 rings (SSSR count). The number of hydrogen-bond donors (Lipinski definition) is 2. The zero-order valence-electron chi connectivity index (χ0n) is 10.1. The Morgan fingerprint density at radius 3 is 2.94 bits per heavy atom. The van der Waals surface area contributed by atoms with Crippen molar-refractivity contribution in [3.8, 4) is 5.75 Å². The number of ether oxygens (including phenoxy) is 1. The third-order valence-electron chi connectivity index (χ3n) is 2.87. The van der Waals surface area contributed by atoms with Gasteiger partial charge in [-0.2, -0.15) is 0 Å². The minimum Gasteiger partial charge on any atom is -0.484 e. The van der Waals surface area contributed by atoms with Crippen LogP contribution in [0.4, 0.5) is 0 Å². The van der Waals surface area contributed by atoms with Gasteiger partial charge >= 0.3 is 0 Å². The fourth-order valence-corrected chi connectivity index (χ4v) is 2.32. The average molecular weight is 313 g/mol. The summed E-state index contributed by atoms with van der Waals surface area (Å²) in [7, 11) is 0. The van der Waals surface area contributed by atoms with E-state index in [9.17, 15) is 4.79 Å². The first kappa shape index (κ1) is 13.4. The van der Waals surface area contributed by atoms with Crippen molar-refractivity contribution >= 4 is 21.8 Å². The van der Waals surface area contributed by atoms with Crippen molar-refractivity contribution in [1.29, 1.82) is 0 Å². The third-order valence-corrected chi connectivity index (χ3v) is 3.36. The summed E-state index contributed by atoms with van der Waals surface area (Å²) in [5.41, 5.74) is 0. The van der Waals surface area contributed by atoms with Crippen molar-refractivity contribution < 1.29 is 9.53 Å². The molecule has 1 aliphatic rings. The molecule has 18 heavy (non-hydrogen) atoms. The van der Waals surface area contributed by atoms with Crippen LogP contribution in [-0.2, 0) is 4.79 Å². The quantitative estimate of drug-likeness (QED) is 0.889. The fraction of sp³-hybridized carbons (Fsp3) is 0.462. The van der Waals surface area contributed by atoms with Crippen molar-refractivity contribution in [1.82, 2.24) is 10.6 Å². The van der Waals surface area contributed by atoms with Crippen LogP contribution in [0.3, 0.4) is 0 Å². The number of carbonyl (C=O) groups is 1. The molecule has 1 aliphatic heterocycles. The van der Waals surface area contributed by atoms with E-state index in [0.29, 0.717) is 5.75 Å². The summed E-state index contributed by atoms with van der Waals surface area (Å²) in [5, 5.41) is 6.25. The summed E-state index contributed by atoms with van der Waals surface area (Å²) < 4.78 is 6.38. The van der Waals surface area contributed by atoms with Gasteiger partial charge in [-0.3, -0.25) is 4.79 Å². The van der Waals surface area contributed by atoms with Gasteiger partial charge in [0.2, 0.25) is 0 Å². The molecule has 2 N–H and O–H groups in total. The van der Waals surface area contributed by atoms with Crippen LogP contribution in [0.5, 0.6) is 5.75 Å². The lowest BCUT2D eigenvalue weighted by atomic mass is 10.1. The Kier molecular flexibility index (Phi) is 5.01. The highest BCUT2D eigenvalue weighted by molar-refractivity contribution is 9.10. The highest BCUT2D eigenvalue weighted by Crippen LogP contribution is 2.17. The van der Waals surface area contributed by atoms with Crippen molar-refractivity contribution in [3.05, 3.63) is 28.7 Å². The molecule has 0 aromatic heterocycles. The summed E-state index contributed by atoms with van der Waals surface area (Å²) in [6.07, 6.45) is 1.98. The van der Waals surface area contributed by atoms with Crippen LogP contribution in [0.2, 0.25) is 0 Å². The highest BCUT2D eigenvalue weighted by Gasteiger charge is 2.15. The van der Waals surface area contributed by atoms with Gasteiger partial charge in [0.25, 0.3) is 5.91 Å². The molecule has 98 valence electrons. The molecule has 4 nitrogen and oxygen atoms in total. The summed E-state index contributed by atoms with van der Waals surface area (Å²) in [6, 6.07) is 7.76. The van der Waals surface area contributed by atoms with E-state index in [4.69, 9.17) is 4.74 Å². The Balaban J connectivity index is 1.74. The monoisotopic (exact) mass is 312 g/mol. The lowest BCUT2D eigenvalue weighted by Gasteiger charge is -2.23. The fourth-order valence-electron chi connectivity index (χ4n) is 1.94. The molecule has 1 fully saturated rings. The van der Waals surface area contributed by atoms with Crippen molar-refractivity contribution in [2.24, 2.45) is 0 Å². The first-order chi connectivity index (χ1) is 8.74. The maximum atomic E-state index is 11.7. The molecule has 0 spiro atoms. The molecule has 1 saturated heterocycles. The smallest absolute Gasteiger partial charge is 0.258 e. The number of piperidine rings is 1. The van der Waals surface area contributed by atoms with Crippen molar-refractivity contribution in [2.75, 3.05) is 19.7 Å². The van der Waals surface area contributed by atoms with E-state index in [-0.39, 0.29) is 18.6 Å². The lowest BCUT2D eigenvalue weighted by Crippen LogP contribution is -2.44. The van der Waals surface area contributed by atoms with Crippen LogP contribution in [0.1, 0.15) is 12.8 Å². The van der Waals surface area contributed by atoms with E-state index < -0.39 is 0 Å². The predicted octanol–water partition coefficient (Wildman–Crippen LogP) is 1.70. The zero-order valence-corrected chi connectivity index (χ0v) is 11.7. The van der Waals surface area contributed by atoms with Crippen molar-refractivity contribution in [3.63, 3.8) is 0 Å². The van der Waals surface area contributed by atoms with E-state index in [2.05, 4.69) is 26.6 Å². The molecule has 0 unspecified atom stereocenters. The summed E-state index contributed by atoms with van der Waals surface area (Å²) >= 11 is 3.36. The minimum absolute atomic E-state index is 0.0538. The minimum atomic E-state index is -0.0538. The molecule has 5 heteroatoms. The number of carbonyl (C=O) groups excluding carboxylic acids is 1. The Bertz CT molecular complexity index is 406. The first-order valence-electron chi connectivity index (χ1n) is 6.12. The molecule has 0 atom stereocenters. The second kappa shape index (κ2) is 6.75. The van der Waals surface area contributed by atoms with Crippen LogP contribution < -0.4 is 15.4 Å². The molecule has 0 aliphatic carbocycles. The predicted molar refractivity (Wildman–Crippen MR) is 73.7 cm³/mol. The average Bonchev–Trinajstić information content (AvgIpc) is 2.38. The maximum Gasteiger partial charge on any atom is 0.258 e. The Morgan fingerprint density at radius 2 is 2.22 bits per heavy atom. The van der Waals surface area contributed by atoms with Crippen molar-refractivity contribution in [2.45, 2.75) is 18.9 Å². The summed E-state index contributed by atoms with van der Waals surface area (Å²) in [6.45, 7) is 2.01. The molecule has 1 aromatic carbocycles. The van der Waals surface area contributed by atoms with Crippen LogP contribution in [0.15, 0.2) is 28.7 Å². The van der Waals surface area contributed by atoms with E-state index in [1.54, 1.807) is 0 Å². The van der Waals surface area contributed by atoms with Gasteiger partial charge in [-0.15, -0.1) is 0 Å². The molecule has 1 aromatic rings. The molecule has 0 bridgehead atoms. The van der Waals surface area contributed by atoms with Gasteiger partial charge in [0.05, 0.1) is 0 Å². The maximum absolute atomic E-state index is 11.7. The van der Waals surface area contributed by atoms with E-state index in [0.717, 1.165) is 30.4 Å². The zero-order chi connectivity index (χ0) is 12.8. The van der Waals surface area contributed by atoms with Gasteiger partial charge in [-0.1, -0.05) is 22.0 Å². The van der Waals surface area contributed by atoms with E-state index in [1.165, 1.54) is 0 Å². The summed E-state index contributed by atoms with van der Waals surface area (Å²) in [4.78, 5) is 11.7. The van der Waals surface area contributed by atoms with Gasteiger partial charge in [0, 0.05) is 10.5 Å². The molecular formula is C13H17BrN2O2. The van der Waals surface area contributed by atoms with Gasteiger partial charge in [-0.25, -0.2) is 0 Å². The molecule has 1 amide bonds.